The van der Waals surface area contributed by atoms with E-state index in [1.807, 2.05) is 12.1 Å². The van der Waals surface area contributed by atoms with E-state index >= 15 is 0 Å². The predicted molar refractivity (Wildman–Crippen MR) is 69.8 cm³/mol. The maximum absolute atomic E-state index is 10.3. The quantitative estimate of drug-likeness (QED) is 0.574. The number of aryl methyl sites for hydroxylation is 1. The zero-order valence-electron chi connectivity index (χ0n) is 10.2. The van der Waals surface area contributed by atoms with Crippen LogP contribution in [0.3, 0.4) is 0 Å². The van der Waals surface area contributed by atoms with Crippen molar-refractivity contribution in [3.63, 3.8) is 0 Å². The van der Waals surface area contributed by atoms with Crippen LogP contribution in [-0.2, 0) is 17.4 Å². The van der Waals surface area contributed by atoms with Gasteiger partial charge in [0.2, 0.25) is 0 Å². The van der Waals surface area contributed by atoms with Crippen LogP contribution in [0.5, 0.6) is 5.75 Å². The number of rotatable bonds is 8. The van der Waals surface area contributed by atoms with Gasteiger partial charge in [-0.15, -0.1) is 0 Å². The largest absolute Gasteiger partial charge is 0.384 e. The second-order valence-corrected chi connectivity index (χ2v) is 4.75. The van der Waals surface area contributed by atoms with Gasteiger partial charge < -0.3 is 4.18 Å². The monoisotopic (exact) mass is 256 g/mol. The highest BCUT2D eigenvalue weighted by Gasteiger charge is 1.97. The Labute approximate surface area is 105 Å². The first-order valence-corrected chi connectivity index (χ1v) is 7.23. The standard InChI is InChI=1S/C13H20O3S/c1-2-3-4-5-6-7-12-8-10-13(11-9-12)16-17(14)15/h8-11,17H,2-7H2,1H3. The van der Waals surface area contributed by atoms with E-state index in [9.17, 15) is 8.42 Å². The fourth-order valence-corrected chi connectivity index (χ4v) is 2.03. The van der Waals surface area contributed by atoms with E-state index in [0.717, 1.165) is 6.42 Å². The molecule has 1 rings (SSSR count). The third-order valence-electron chi connectivity index (χ3n) is 2.67. The zero-order valence-corrected chi connectivity index (χ0v) is 11.1. The van der Waals surface area contributed by atoms with Gasteiger partial charge in [0.1, 0.15) is 5.75 Å². The van der Waals surface area contributed by atoms with Crippen molar-refractivity contribution >= 4 is 11.0 Å². The molecule has 0 aliphatic heterocycles. The van der Waals surface area contributed by atoms with Gasteiger partial charge in [0.25, 0.3) is 11.0 Å². The van der Waals surface area contributed by atoms with Gasteiger partial charge >= 0.3 is 0 Å². The molecule has 3 nitrogen and oxygen atoms in total. The van der Waals surface area contributed by atoms with Crippen LogP contribution in [0.1, 0.15) is 44.6 Å². The summed E-state index contributed by atoms with van der Waals surface area (Å²) in [4.78, 5) is 0. The Kier molecular flexibility index (Phi) is 6.70. The van der Waals surface area contributed by atoms with Gasteiger partial charge in [-0.3, -0.25) is 0 Å². The Hall–Kier alpha value is -1.03. The molecule has 0 unspecified atom stereocenters. The average Bonchev–Trinajstić information content (AvgIpc) is 2.30. The second-order valence-electron chi connectivity index (χ2n) is 4.12. The van der Waals surface area contributed by atoms with Crippen molar-refractivity contribution in [2.24, 2.45) is 0 Å². The first kappa shape index (κ1) is 14.0. The summed E-state index contributed by atoms with van der Waals surface area (Å²) in [5, 5.41) is 0. The van der Waals surface area contributed by atoms with Gasteiger partial charge in [0.05, 0.1) is 0 Å². The Morgan fingerprint density at radius 3 is 2.24 bits per heavy atom. The van der Waals surface area contributed by atoms with Crippen molar-refractivity contribution in [3.05, 3.63) is 29.8 Å². The lowest BCUT2D eigenvalue weighted by Crippen LogP contribution is -1.91. The molecular formula is C13H20O3S. The van der Waals surface area contributed by atoms with Crippen molar-refractivity contribution in [2.45, 2.75) is 45.4 Å². The number of hydrogen-bond acceptors (Lipinski definition) is 3. The van der Waals surface area contributed by atoms with Crippen LogP contribution in [0.4, 0.5) is 0 Å². The number of benzene rings is 1. The van der Waals surface area contributed by atoms with Gasteiger partial charge in [-0.1, -0.05) is 44.7 Å². The first-order chi connectivity index (χ1) is 8.22. The molecule has 0 spiro atoms. The summed E-state index contributed by atoms with van der Waals surface area (Å²) in [6.45, 7) is 2.21. The first-order valence-electron chi connectivity index (χ1n) is 6.13. The van der Waals surface area contributed by atoms with Crippen LogP contribution >= 0.6 is 0 Å². The highest BCUT2D eigenvalue weighted by Crippen LogP contribution is 2.14. The van der Waals surface area contributed by atoms with Gasteiger partial charge in [0, 0.05) is 0 Å². The molecule has 0 aliphatic carbocycles. The van der Waals surface area contributed by atoms with Crippen LogP contribution in [0, 0.1) is 0 Å². The lowest BCUT2D eigenvalue weighted by molar-refractivity contribution is 0.510. The third kappa shape index (κ3) is 6.31. The summed E-state index contributed by atoms with van der Waals surface area (Å²) < 4.78 is 25.3. The molecule has 0 fully saturated rings. The number of unbranched alkanes of at least 4 members (excludes halogenated alkanes) is 4. The lowest BCUT2D eigenvalue weighted by Gasteiger charge is -2.03. The molecule has 17 heavy (non-hydrogen) atoms. The third-order valence-corrected chi connectivity index (χ3v) is 3.03. The molecule has 0 atom stereocenters. The molecule has 0 radical (unpaired) electrons. The summed E-state index contributed by atoms with van der Waals surface area (Å²) in [6.07, 6.45) is 7.37. The molecule has 0 aromatic heterocycles. The van der Waals surface area contributed by atoms with E-state index in [0.29, 0.717) is 5.75 Å². The Balaban J connectivity index is 2.30. The van der Waals surface area contributed by atoms with Crippen molar-refractivity contribution in [2.75, 3.05) is 0 Å². The van der Waals surface area contributed by atoms with E-state index in [1.54, 1.807) is 12.1 Å². The van der Waals surface area contributed by atoms with E-state index in [2.05, 4.69) is 11.1 Å². The average molecular weight is 256 g/mol. The van der Waals surface area contributed by atoms with Crippen LogP contribution < -0.4 is 4.18 Å². The molecule has 96 valence electrons. The Morgan fingerprint density at radius 2 is 1.65 bits per heavy atom. The molecule has 0 bridgehead atoms. The van der Waals surface area contributed by atoms with Gasteiger partial charge in [0.15, 0.2) is 0 Å². The van der Waals surface area contributed by atoms with E-state index < -0.39 is 11.0 Å². The van der Waals surface area contributed by atoms with Crippen LogP contribution in [0.25, 0.3) is 0 Å². The molecule has 0 amide bonds. The number of thiol groups is 1. The van der Waals surface area contributed by atoms with Crippen molar-refractivity contribution < 1.29 is 12.6 Å². The summed E-state index contributed by atoms with van der Waals surface area (Å²) in [7, 11) is -2.80. The SMILES string of the molecule is CCCCCCCc1ccc(O[SH](=O)=O)cc1. The molecule has 0 saturated carbocycles. The topological polar surface area (TPSA) is 43.4 Å². The van der Waals surface area contributed by atoms with E-state index in [1.165, 1.54) is 37.7 Å². The van der Waals surface area contributed by atoms with Crippen molar-refractivity contribution in [1.82, 2.24) is 0 Å². The van der Waals surface area contributed by atoms with E-state index in [4.69, 9.17) is 0 Å². The highest BCUT2D eigenvalue weighted by molar-refractivity contribution is 7.67. The molecule has 0 saturated heterocycles. The van der Waals surface area contributed by atoms with Gasteiger partial charge in [-0.25, -0.2) is 0 Å². The van der Waals surface area contributed by atoms with Gasteiger partial charge in [-0.05, 0) is 30.5 Å². The summed E-state index contributed by atoms with van der Waals surface area (Å²) in [5.74, 6) is 0.385. The fourth-order valence-electron chi connectivity index (χ4n) is 1.74. The maximum atomic E-state index is 10.3. The minimum absolute atomic E-state index is 0.385. The maximum Gasteiger partial charge on any atom is 0.299 e. The smallest absolute Gasteiger partial charge is 0.299 e. The van der Waals surface area contributed by atoms with Crippen LogP contribution in [-0.4, -0.2) is 8.42 Å². The molecule has 0 heterocycles. The second kappa shape index (κ2) is 8.12. The summed E-state index contributed by atoms with van der Waals surface area (Å²) >= 11 is 0. The molecule has 0 aliphatic rings. The number of hydrogen-bond donors (Lipinski definition) is 1. The minimum atomic E-state index is -2.80. The zero-order chi connectivity index (χ0) is 12.5. The highest BCUT2D eigenvalue weighted by atomic mass is 32.2. The van der Waals surface area contributed by atoms with Crippen LogP contribution in [0.2, 0.25) is 0 Å². The van der Waals surface area contributed by atoms with Crippen LogP contribution in [0.15, 0.2) is 24.3 Å². The normalized spacial score (nSPS) is 10.7. The van der Waals surface area contributed by atoms with Gasteiger partial charge in [-0.2, -0.15) is 8.42 Å². The molecule has 1 aromatic carbocycles. The fraction of sp³-hybridized carbons (Fsp3) is 0.538. The molecule has 0 N–H and O–H groups in total. The predicted octanol–water partition coefficient (Wildman–Crippen LogP) is 3.10. The lowest BCUT2D eigenvalue weighted by atomic mass is 10.1. The van der Waals surface area contributed by atoms with E-state index in [-0.39, 0.29) is 0 Å². The summed E-state index contributed by atoms with van der Waals surface area (Å²) in [5.41, 5.74) is 1.23. The molecule has 4 heteroatoms. The van der Waals surface area contributed by atoms with Crippen molar-refractivity contribution in [3.8, 4) is 5.75 Å². The van der Waals surface area contributed by atoms with Crippen molar-refractivity contribution in [1.29, 1.82) is 0 Å². The Bertz CT molecular complexity index is 374. The molecule has 1 aromatic rings. The molecular weight excluding hydrogens is 236 g/mol. The summed E-state index contributed by atoms with van der Waals surface area (Å²) in [6, 6.07) is 7.25. The Morgan fingerprint density at radius 1 is 1.00 bits per heavy atom. The minimum Gasteiger partial charge on any atom is -0.384 e.